The number of ketones is 3. The van der Waals surface area contributed by atoms with Gasteiger partial charge in [-0.2, -0.15) is 0 Å². The molecule has 0 amide bonds. The van der Waals surface area contributed by atoms with Gasteiger partial charge in [0.05, 0.1) is 5.57 Å². The third-order valence-electron chi connectivity index (χ3n) is 2.57. The predicted octanol–water partition coefficient (Wildman–Crippen LogP) is 1.78. The number of carbonyl (C=O) groups excluding carboxylic acids is 3. The van der Waals surface area contributed by atoms with E-state index in [0.29, 0.717) is 0 Å². The second kappa shape index (κ2) is 4.79. The average molecular weight is 242 g/mol. The first kappa shape index (κ1) is 12.0. The molecule has 90 valence electrons. The van der Waals surface area contributed by atoms with Crippen LogP contribution < -0.4 is 0 Å². The highest BCUT2D eigenvalue weighted by Crippen LogP contribution is 2.17. The third-order valence-corrected chi connectivity index (χ3v) is 2.57. The molecule has 0 saturated carbocycles. The molecule has 0 aliphatic heterocycles. The Balaban J connectivity index is 2.26. The molecular weight excluding hydrogens is 232 g/mol. The van der Waals surface area contributed by atoms with E-state index in [9.17, 15) is 19.5 Å². The molecule has 1 N–H and O–H groups in total. The average Bonchev–Trinajstić information content (AvgIpc) is 2.38. The second-order valence-corrected chi connectivity index (χ2v) is 3.84. The van der Waals surface area contributed by atoms with Gasteiger partial charge in [-0.25, -0.2) is 0 Å². The molecule has 1 aromatic rings. The Bertz CT molecular complexity index is 579. The van der Waals surface area contributed by atoms with Gasteiger partial charge in [-0.3, -0.25) is 14.4 Å². The van der Waals surface area contributed by atoms with Gasteiger partial charge in [-0.05, 0) is 0 Å². The highest BCUT2D eigenvalue weighted by molar-refractivity contribution is 6.50. The smallest absolute Gasteiger partial charge is 0.236 e. The van der Waals surface area contributed by atoms with Crippen molar-refractivity contribution in [2.75, 3.05) is 0 Å². The maximum absolute atomic E-state index is 11.9. The Labute approximate surface area is 103 Å². The molecule has 0 saturated heterocycles. The second-order valence-electron chi connectivity index (χ2n) is 3.84. The minimum atomic E-state index is -0.803. The first-order valence-corrected chi connectivity index (χ1v) is 5.37. The van der Waals surface area contributed by atoms with Crippen LogP contribution in [0.2, 0.25) is 0 Å². The van der Waals surface area contributed by atoms with Crippen LogP contribution in [0.25, 0.3) is 0 Å². The fraction of sp³-hybridized carbons (Fsp3) is 0.0714. The number of rotatable bonds is 3. The highest BCUT2D eigenvalue weighted by atomic mass is 16.3. The normalized spacial score (nSPS) is 14.8. The highest BCUT2D eigenvalue weighted by Gasteiger charge is 2.25. The molecule has 2 rings (SSSR count). The topological polar surface area (TPSA) is 71.4 Å². The molecule has 0 heterocycles. The monoisotopic (exact) mass is 242 g/mol. The van der Waals surface area contributed by atoms with Crippen molar-refractivity contribution >= 4 is 17.3 Å². The molecule has 1 aromatic carbocycles. The molecule has 0 aromatic heterocycles. The van der Waals surface area contributed by atoms with Crippen LogP contribution in [0.5, 0.6) is 0 Å². The third kappa shape index (κ3) is 2.27. The summed E-state index contributed by atoms with van der Waals surface area (Å²) in [6.07, 6.45) is 2.26. The first-order chi connectivity index (χ1) is 8.59. The number of hydrogen-bond acceptors (Lipinski definition) is 4. The van der Waals surface area contributed by atoms with Crippen molar-refractivity contribution in [3.05, 3.63) is 59.4 Å². The Kier molecular flexibility index (Phi) is 3.19. The van der Waals surface area contributed by atoms with E-state index < -0.39 is 17.3 Å². The molecule has 0 fully saturated rings. The number of Topliss-reactive ketones (excluding diaryl/α,β-unsaturated/α-hetero) is 2. The van der Waals surface area contributed by atoms with Crippen LogP contribution in [0.15, 0.2) is 53.8 Å². The molecule has 0 atom stereocenters. The molecule has 1 aliphatic carbocycles. The van der Waals surface area contributed by atoms with Crippen LogP contribution in [-0.2, 0) is 9.59 Å². The van der Waals surface area contributed by atoms with E-state index in [0.717, 1.165) is 6.08 Å². The lowest BCUT2D eigenvalue weighted by molar-refractivity contribution is -0.114. The summed E-state index contributed by atoms with van der Waals surface area (Å²) in [4.78, 5) is 34.7. The Morgan fingerprint density at radius 3 is 2.33 bits per heavy atom. The summed E-state index contributed by atoms with van der Waals surface area (Å²) in [6, 6.07) is 8.08. The molecular formula is C14H10O4. The summed E-state index contributed by atoms with van der Waals surface area (Å²) >= 11 is 0. The number of aliphatic hydroxyl groups excluding tert-OH is 1. The summed E-state index contributed by atoms with van der Waals surface area (Å²) in [5, 5.41) is 9.50. The van der Waals surface area contributed by atoms with E-state index in [2.05, 4.69) is 0 Å². The largest absolute Gasteiger partial charge is 0.507 e. The number of carbonyl (C=O) groups is 3. The molecule has 0 unspecified atom stereocenters. The summed E-state index contributed by atoms with van der Waals surface area (Å²) in [6.45, 7) is 0. The summed E-state index contributed by atoms with van der Waals surface area (Å²) in [5.41, 5.74) is 0.150. The maximum Gasteiger partial charge on any atom is 0.236 e. The quantitative estimate of drug-likeness (QED) is 0.647. The summed E-state index contributed by atoms with van der Waals surface area (Å²) in [5.74, 6) is -2.24. The van der Waals surface area contributed by atoms with Crippen molar-refractivity contribution in [2.24, 2.45) is 0 Å². The fourth-order valence-corrected chi connectivity index (χ4v) is 1.65. The molecule has 4 heteroatoms. The van der Waals surface area contributed by atoms with Gasteiger partial charge >= 0.3 is 0 Å². The lowest BCUT2D eigenvalue weighted by Gasteiger charge is -2.08. The Morgan fingerprint density at radius 2 is 1.72 bits per heavy atom. The Morgan fingerprint density at radius 1 is 1.06 bits per heavy atom. The van der Waals surface area contributed by atoms with Crippen molar-refractivity contribution < 1.29 is 19.5 Å². The summed E-state index contributed by atoms with van der Waals surface area (Å²) in [7, 11) is 0. The number of aliphatic hydroxyl groups is 1. The van der Waals surface area contributed by atoms with Gasteiger partial charge in [0, 0.05) is 18.1 Å². The van der Waals surface area contributed by atoms with Gasteiger partial charge in [-0.1, -0.05) is 36.4 Å². The summed E-state index contributed by atoms with van der Waals surface area (Å²) < 4.78 is 0. The van der Waals surface area contributed by atoms with Gasteiger partial charge in [-0.15, -0.1) is 0 Å². The molecule has 4 nitrogen and oxygen atoms in total. The molecule has 0 radical (unpaired) electrons. The van der Waals surface area contributed by atoms with E-state index in [1.807, 2.05) is 0 Å². The van der Waals surface area contributed by atoms with E-state index in [1.165, 1.54) is 18.2 Å². The van der Waals surface area contributed by atoms with E-state index >= 15 is 0 Å². The maximum atomic E-state index is 11.9. The number of allylic oxidation sites excluding steroid dienone is 3. The molecule has 18 heavy (non-hydrogen) atoms. The van der Waals surface area contributed by atoms with E-state index in [4.69, 9.17) is 0 Å². The molecule has 1 aliphatic rings. The van der Waals surface area contributed by atoms with Crippen molar-refractivity contribution in [1.29, 1.82) is 0 Å². The van der Waals surface area contributed by atoms with Gasteiger partial charge < -0.3 is 5.11 Å². The van der Waals surface area contributed by atoms with Gasteiger partial charge in [0.15, 0.2) is 5.78 Å². The van der Waals surface area contributed by atoms with Crippen LogP contribution in [0.1, 0.15) is 16.8 Å². The lowest BCUT2D eigenvalue weighted by Crippen LogP contribution is -2.20. The van der Waals surface area contributed by atoms with E-state index in [-0.39, 0.29) is 23.3 Å². The SMILES string of the molecule is O=C1C=C(O)C(C(=O)C(=O)c2ccccc2)=CC1. The van der Waals surface area contributed by atoms with Gasteiger partial charge in [0.25, 0.3) is 0 Å². The lowest BCUT2D eigenvalue weighted by atomic mass is 9.95. The van der Waals surface area contributed by atoms with Crippen molar-refractivity contribution in [1.82, 2.24) is 0 Å². The van der Waals surface area contributed by atoms with Crippen molar-refractivity contribution in [3.63, 3.8) is 0 Å². The Hall–Kier alpha value is -2.49. The van der Waals surface area contributed by atoms with Gasteiger partial charge in [0.2, 0.25) is 11.6 Å². The van der Waals surface area contributed by atoms with E-state index in [1.54, 1.807) is 18.2 Å². The van der Waals surface area contributed by atoms with Crippen LogP contribution in [-0.4, -0.2) is 22.5 Å². The van der Waals surface area contributed by atoms with Crippen molar-refractivity contribution in [3.8, 4) is 0 Å². The fourth-order valence-electron chi connectivity index (χ4n) is 1.65. The zero-order valence-electron chi connectivity index (χ0n) is 9.42. The van der Waals surface area contributed by atoms with Gasteiger partial charge in [0.1, 0.15) is 5.76 Å². The first-order valence-electron chi connectivity index (χ1n) is 5.37. The number of hydrogen-bond donors (Lipinski definition) is 1. The minimum Gasteiger partial charge on any atom is -0.507 e. The predicted molar refractivity (Wildman–Crippen MR) is 64.2 cm³/mol. The molecule has 0 spiro atoms. The van der Waals surface area contributed by atoms with Crippen LogP contribution in [0, 0.1) is 0 Å². The number of benzene rings is 1. The molecule has 0 bridgehead atoms. The zero-order chi connectivity index (χ0) is 13.1. The van der Waals surface area contributed by atoms with Crippen LogP contribution in [0.4, 0.5) is 0 Å². The standard InChI is InChI=1S/C14H10O4/c15-10-6-7-11(12(16)8-10)14(18)13(17)9-4-2-1-3-5-9/h1-5,7-8,16H,6H2. The van der Waals surface area contributed by atoms with Crippen LogP contribution in [0.3, 0.4) is 0 Å². The van der Waals surface area contributed by atoms with Crippen molar-refractivity contribution in [2.45, 2.75) is 6.42 Å². The minimum absolute atomic E-state index is 0.0210. The van der Waals surface area contributed by atoms with Crippen LogP contribution >= 0.6 is 0 Å². The zero-order valence-corrected chi connectivity index (χ0v) is 9.42.